The van der Waals surface area contributed by atoms with Crippen LogP contribution >= 0.6 is 0 Å². The Hall–Kier alpha value is -1.75. The number of methoxy groups -OCH3 is 1. The molecule has 24 heavy (non-hydrogen) atoms. The smallest absolute Gasteiger partial charge is 0.321 e. The standard InChI is InChI=1S/C19H29N3O2/c1-15-14-17(24-2)8-9-18(15)20-19(23)22-11-5-10-21(12-13-22)16-6-3-4-7-16/h8-9,14,16H,3-7,10-13H2,1-2H3,(H,20,23). The van der Waals surface area contributed by atoms with Gasteiger partial charge in [-0.3, -0.25) is 4.90 Å². The number of urea groups is 1. The van der Waals surface area contributed by atoms with Gasteiger partial charge in [0.2, 0.25) is 0 Å². The molecule has 1 heterocycles. The molecule has 0 radical (unpaired) electrons. The molecule has 5 heteroatoms. The molecule has 0 atom stereocenters. The molecule has 1 saturated heterocycles. The Morgan fingerprint density at radius 2 is 1.92 bits per heavy atom. The molecule has 0 bridgehead atoms. The highest BCUT2D eigenvalue weighted by Gasteiger charge is 2.26. The van der Waals surface area contributed by atoms with E-state index in [-0.39, 0.29) is 6.03 Å². The molecule has 1 aromatic rings. The molecule has 3 rings (SSSR count). The zero-order chi connectivity index (χ0) is 16.9. The monoisotopic (exact) mass is 331 g/mol. The Morgan fingerprint density at radius 3 is 2.62 bits per heavy atom. The molecule has 5 nitrogen and oxygen atoms in total. The molecular weight excluding hydrogens is 302 g/mol. The van der Waals surface area contributed by atoms with Crippen molar-refractivity contribution in [2.45, 2.75) is 45.1 Å². The lowest BCUT2D eigenvalue weighted by atomic mass is 10.2. The summed E-state index contributed by atoms with van der Waals surface area (Å²) in [6.07, 6.45) is 6.45. The van der Waals surface area contributed by atoms with Gasteiger partial charge in [-0.1, -0.05) is 12.8 Å². The van der Waals surface area contributed by atoms with Gasteiger partial charge in [-0.2, -0.15) is 0 Å². The predicted octanol–water partition coefficient (Wildman–Crippen LogP) is 3.49. The zero-order valence-corrected chi connectivity index (χ0v) is 14.9. The van der Waals surface area contributed by atoms with E-state index in [4.69, 9.17) is 4.74 Å². The van der Waals surface area contributed by atoms with Crippen LogP contribution in [0.5, 0.6) is 5.75 Å². The second-order valence-corrected chi connectivity index (χ2v) is 6.93. The number of benzene rings is 1. The summed E-state index contributed by atoms with van der Waals surface area (Å²) in [5, 5.41) is 3.06. The van der Waals surface area contributed by atoms with Gasteiger partial charge >= 0.3 is 6.03 Å². The predicted molar refractivity (Wildman–Crippen MR) is 96.8 cm³/mol. The van der Waals surface area contributed by atoms with Crippen LogP contribution in [0.15, 0.2) is 18.2 Å². The van der Waals surface area contributed by atoms with Crippen LogP contribution in [0.1, 0.15) is 37.7 Å². The summed E-state index contributed by atoms with van der Waals surface area (Å²) in [5.41, 5.74) is 1.88. The third-order valence-electron chi connectivity index (χ3n) is 5.33. The SMILES string of the molecule is COc1ccc(NC(=O)N2CCCN(C3CCCC3)CC2)c(C)c1. The molecule has 2 amide bonds. The summed E-state index contributed by atoms with van der Waals surface area (Å²) in [5.74, 6) is 0.812. The fourth-order valence-corrected chi connectivity index (χ4v) is 3.87. The van der Waals surface area contributed by atoms with Crippen LogP contribution in [0.25, 0.3) is 0 Å². The first kappa shape index (κ1) is 17.1. The van der Waals surface area contributed by atoms with Gasteiger partial charge in [-0.25, -0.2) is 4.79 Å². The summed E-state index contributed by atoms with van der Waals surface area (Å²) in [7, 11) is 1.65. The second kappa shape index (κ2) is 7.88. The van der Waals surface area contributed by atoms with Crippen molar-refractivity contribution in [1.29, 1.82) is 0 Å². The number of carbonyl (C=O) groups excluding carboxylic acids is 1. The van der Waals surface area contributed by atoms with E-state index < -0.39 is 0 Å². The quantitative estimate of drug-likeness (QED) is 0.922. The minimum absolute atomic E-state index is 0.0107. The topological polar surface area (TPSA) is 44.8 Å². The number of hydrogen-bond donors (Lipinski definition) is 1. The van der Waals surface area contributed by atoms with Crippen LogP contribution in [-0.2, 0) is 0 Å². The Balaban J connectivity index is 1.57. The lowest BCUT2D eigenvalue weighted by Gasteiger charge is -2.27. The molecule has 0 unspecified atom stereocenters. The normalized spacial score (nSPS) is 20.0. The highest BCUT2D eigenvalue weighted by atomic mass is 16.5. The van der Waals surface area contributed by atoms with E-state index in [1.54, 1.807) is 7.11 Å². The second-order valence-electron chi connectivity index (χ2n) is 6.93. The molecule has 1 N–H and O–H groups in total. The average Bonchev–Trinajstić information content (AvgIpc) is 3.01. The van der Waals surface area contributed by atoms with E-state index in [1.165, 1.54) is 25.7 Å². The van der Waals surface area contributed by atoms with Crippen LogP contribution in [0.3, 0.4) is 0 Å². The minimum atomic E-state index is 0.0107. The fourth-order valence-electron chi connectivity index (χ4n) is 3.87. The van der Waals surface area contributed by atoms with Crippen molar-refractivity contribution < 1.29 is 9.53 Å². The molecule has 0 aromatic heterocycles. The summed E-state index contributed by atoms with van der Waals surface area (Å²) < 4.78 is 5.22. The molecule has 2 fully saturated rings. The number of nitrogens with one attached hydrogen (secondary N) is 1. The van der Waals surface area contributed by atoms with Gasteiger partial charge in [-0.05, 0) is 49.9 Å². The number of ether oxygens (including phenoxy) is 1. The molecule has 1 aliphatic heterocycles. The van der Waals surface area contributed by atoms with Crippen LogP contribution in [0.4, 0.5) is 10.5 Å². The number of carbonyl (C=O) groups is 1. The van der Waals surface area contributed by atoms with Gasteiger partial charge in [0.05, 0.1) is 7.11 Å². The highest BCUT2D eigenvalue weighted by Crippen LogP contribution is 2.25. The van der Waals surface area contributed by atoms with Gasteiger partial charge in [0.15, 0.2) is 0 Å². The van der Waals surface area contributed by atoms with Crippen molar-refractivity contribution in [3.8, 4) is 5.75 Å². The Kier molecular flexibility index (Phi) is 5.61. The maximum Gasteiger partial charge on any atom is 0.321 e. The molecule has 2 aliphatic rings. The highest BCUT2D eigenvalue weighted by molar-refractivity contribution is 5.90. The number of aryl methyl sites for hydroxylation is 1. The molecule has 132 valence electrons. The average molecular weight is 331 g/mol. The van der Waals surface area contributed by atoms with Crippen molar-refractivity contribution >= 4 is 11.7 Å². The first-order valence-electron chi connectivity index (χ1n) is 9.12. The van der Waals surface area contributed by atoms with Gasteiger partial charge < -0.3 is 15.0 Å². The number of rotatable bonds is 3. The molecule has 1 aliphatic carbocycles. The summed E-state index contributed by atoms with van der Waals surface area (Å²) >= 11 is 0. The van der Waals surface area contributed by atoms with Gasteiger partial charge in [-0.15, -0.1) is 0 Å². The lowest BCUT2D eigenvalue weighted by Crippen LogP contribution is -2.40. The summed E-state index contributed by atoms with van der Waals surface area (Å²) in [4.78, 5) is 17.2. The summed E-state index contributed by atoms with van der Waals surface area (Å²) in [6, 6.07) is 6.50. The number of anilines is 1. The zero-order valence-electron chi connectivity index (χ0n) is 14.9. The Morgan fingerprint density at radius 1 is 1.12 bits per heavy atom. The van der Waals surface area contributed by atoms with E-state index in [1.807, 2.05) is 30.0 Å². The summed E-state index contributed by atoms with van der Waals surface area (Å²) in [6.45, 7) is 5.76. The third-order valence-corrected chi connectivity index (χ3v) is 5.33. The number of nitrogens with zero attached hydrogens (tertiary/aromatic N) is 2. The largest absolute Gasteiger partial charge is 0.497 e. The van der Waals surface area contributed by atoms with Crippen LogP contribution < -0.4 is 10.1 Å². The maximum absolute atomic E-state index is 12.6. The van der Waals surface area contributed by atoms with Crippen LogP contribution in [0.2, 0.25) is 0 Å². The first-order chi connectivity index (χ1) is 11.7. The van der Waals surface area contributed by atoms with Gasteiger partial charge in [0.25, 0.3) is 0 Å². The minimum Gasteiger partial charge on any atom is -0.497 e. The molecule has 0 spiro atoms. The van der Waals surface area contributed by atoms with Crippen molar-refractivity contribution in [2.75, 3.05) is 38.6 Å². The third kappa shape index (κ3) is 4.01. The van der Waals surface area contributed by atoms with Crippen molar-refractivity contribution in [1.82, 2.24) is 9.80 Å². The Bertz CT molecular complexity index is 570. The van der Waals surface area contributed by atoms with Crippen molar-refractivity contribution in [3.05, 3.63) is 23.8 Å². The van der Waals surface area contributed by atoms with E-state index >= 15 is 0 Å². The van der Waals surface area contributed by atoms with Gasteiger partial charge in [0, 0.05) is 37.9 Å². The Labute approximate surface area is 145 Å². The van der Waals surface area contributed by atoms with Gasteiger partial charge in [0.1, 0.15) is 5.75 Å². The van der Waals surface area contributed by atoms with Crippen molar-refractivity contribution in [3.63, 3.8) is 0 Å². The first-order valence-corrected chi connectivity index (χ1v) is 9.12. The van der Waals surface area contributed by atoms with E-state index in [0.29, 0.717) is 0 Å². The van der Waals surface area contributed by atoms with E-state index in [2.05, 4.69) is 10.2 Å². The van der Waals surface area contributed by atoms with E-state index in [0.717, 1.165) is 55.6 Å². The lowest BCUT2D eigenvalue weighted by molar-refractivity contribution is 0.195. The number of amides is 2. The molecule has 1 aromatic carbocycles. The molecular formula is C19H29N3O2. The maximum atomic E-state index is 12.6. The number of hydrogen-bond acceptors (Lipinski definition) is 3. The van der Waals surface area contributed by atoms with Crippen LogP contribution in [0, 0.1) is 6.92 Å². The fraction of sp³-hybridized carbons (Fsp3) is 0.632. The van der Waals surface area contributed by atoms with Crippen molar-refractivity contribution in [2.24, 2.45) is 0 Å². The van der Waals surface area contributed by atoms with E-state index in [9.17, 15) is 4.79 Å². The molecule has 1 saturated carbocycles. The van der Waals surface area contributed by atoms with Crippen LogP contribution in [-0.4, -0.2) is 55.2 Å².